The van der Waals surface area contributed by atoms with Crippen LogP contribution in [-0.4, -0.2) is 17.0 Å². The first-order valence-electron chi connectivity index (χ1n) is 5.30. The van der Waals surface area contributed by atoms with Gasteiger partial charge in [-0.05, 0) is 22.0 Å². The van der Waals surface area contributed by atoms with Crippen molar-refractivity contribution in [2.24, 2.45) is 0 Å². The fourth-order valence-corrected chi connectivity index (χ4v) is 1.99. The molecule has 0 aliphatic carbocycles. The molecule has 1 aromatic carbocycles. The lowest BCUT2D eigenvalue weighted by Crippen LogP contribution is -2.08. The van der Waals surface area contributed by atoms with Crippen molar-refractivity contribution in [2.45, 2.75) is 6.18 Å². The number of halogens is 4. The fraction of sp³-hybridized carbons (Fsp3) is 0.167. The molecule has 0 unspecified atom stereocenters. The molecule has 1 heterocycles. The first kappa shape index (κ1) is 13.8. The van der Waals surface area contributed by atoms with Crippen LogP contribution in [0.1, 0.15) is 5.56 Å². The van der Waals surface area contributed by atoms with Gasteiger partial charge >= 0.3 is 6.18 Å². The molecule has 0 aliphatic heterocycles. The molecule has 0 fully saturated rings. The minimum Gasteiger partial charge on any atom is -0.372 e. The van der Waals surface area contributed by atoms with Gasteiger partial charge in [0.05, 0.1) is 10.0 Å². The molecule has 2 rings (SSSR count). The van der Waals surface area contributed by atoms with E-state index >= 15 is 0 Å². The Morgan fingerprint density at radius 1 is 1.21 bits per heavy atom. The Balaban J connectivity index is 2.59. The topological polar surface area (TPSA) is 37.8 Å². The SMILES string of the molecule is CNc1nc(-c2ccccc2C(F)(F)F)ncc1Br. The van der Waals surface area contributed by atoms with Crippen molar-refractivity contribution in [1.29, 1.82) is 0 Å². The number of hydrogen-bond donors (Lipinski definition) is 1. The van der Waals surface area contributed by atoms with Crippen molar-refractivity contribution < 1.29 is 13.2 Å². The summed E-state index contributed by atoms with van der Waals surface area (Å²) >= 11 is 3.21. The van der Waals surface area contributed by atoms with E-state index in [1.165, 1.54) is 24.4 Å². The van der Waals surface area contributed by atoms with Crippen molar-refractivity contribution in [3.05, 3.63) is 40.5 Å². The molecule has 2 aromatic rings. The van der Waals surface area contributed by atoms with Crippen LogP contribution in [0.15, 0.2) is 34.9 Å². The second-order valence-corrected chi connectivity index (χ2v) is 4.54. The van der Waals surface area contributed by atoms with Crippen LogP contribution in [0, 0.1) is 0 Å². The molecule has 0 aliphatic rings. The zero-order chi connectivity index (χ0) is 14.0. The number of nitrogens with zero attached hydrogens (tertiary/aromatic N) is 2. The number of benzene rings is 1. The lowest BCUT2D eigenvalue weighted by molar-refractivity contribution is -0.137. The molecule has 3 nitrogen and oxygen atoms in total. The number of nitrogens with one attached hydrogen (secondary N) is 1. The van der Waals surface area contributed by atoms with Crippen molar-refractivity contribution in [1.82, 2.24) is 9.97 Å². The maximum atomic E-state index is 12.9. The lowest BCUT2D eigenvalue weighted by atomic mass is 10.1. The Morgan fingerprint density at radius 3 is 2.53 bits per heavy atom. The van der Waals surface area contributed by atoms with E-state index < -0.39 is 11.7 Å². The van der Waals surface area contributed by atoms with Gasteiger partial charge in [0, 0.05) is 18.8 Å². The first-order chi connectivity index (χ1) is 8.93. The van der Waals surface area contributed by atoms with E-state index in [4.69, 9.17) is 0 Å². The van der Waals surface area contributed by atoms with Gasteiger partial charge in [-0.15, -0.1) is 0 Å². The smallest absolute Gasteiger partial charge is 0.372 e. The molecule has 0 spiro atoms. The Kier molecular flexibility index (Phi) is 3.75. The first-order valence-corrected chi connectivity index (χ1v) is 6.09. The third-order valence-corrected chi connectivity index (χ3v) is 3.03. The van der Waals surface area contributed by atoms with E-state index in [1.807, 2.05) is 0 Å². The fourth-order valence-electron chi connectivity index (χ4n) is 1.60. The van der Waals surface area contributed by atoms with Gasteiger partial charge in [-0.1, -0.05) is 18.2 Å². The number of aromatic nitrogens is 2. The predicted molar refractivity (Wildman–Crippen MR) is 69.7 cm³/mol. The summed E-state index contributed by atoms with van der Waals surface area (Å²) in [6, 6.07) is 5.23. The summed E-state index contributed by atoms with van der Waals surface area (Å²) < 4.78 is 39.3. The highest BCUT2D eigenvalue weighted by Gasteiger charge is 2.34. The van der Waals surface area contributed by atoms with Crippen molar-refractivity contribution in [3.63, 3.8) is 0 Å². The second kappa shape index (κ2) is 5.16. The van der Waals surface area contributed by atoms with Gasteiger partial charge in [-0.25, -0.2) is 9.97 Å². The van der Waals surface area contributed by atoms with Crippen LogP contribution in [0.5, 0.6) is 0 Å². The number of alkyl halides is 3. The molecule has 0 radical (unpaired) electrons. The van der Waals surface area contributed by atoms with Crippen LogP contribution in [-0.2, 0) is 6.18 Å². The Bertz CT molecular complexity index is 599. The van der Waals surface area contributed by atoms with Crippen LogP contribution < -0.4 is 5.32 Å². The van der Waals surface area contributed by atoms with Gasteiger partial charge in [0.1, 0.15) is 5.82 Å². The third-order valence-electron chi connectivity index (χ3n) is 2.45. The number of anilines is 1. The second-order valence-electron chi connectivity index (χ2n) is 3.68. The molecule has 1 N–H and O–H groups in total. The Hall–Kier alpha value is -1.63. The highest BCUT2D eigenvalue weighted by atomic mass is 79.9. The molecule has 100 valence electrons. The van der Waals surface area contributed by atoms with Crippen LogP contribution in [0.3, 0.4) is 0 Å². The highest BCUT2D eigenvalue weighted by Crippen LogP contribution is 2.36. The van der Waals surface area contributed by atoms with E-state index in [-0.39, 0.29) is 11.4 Å². The molecule has 0 saturated carbocycles. The quantitative estimate of drug-likeness (QED) is 0.904. The van der Waals surface area contributed by atoms with Gasteiger partial charge < -0.3 is 5.32 Å². The Labute approximate surface area is 116 Å². The summed E-state index contributed by atoms with van der Waals surface area (Å²) in [4.78, 5) is 8.00. The van der Waals surface area contributed by atoms with Crippen molar-refractivity contribution in [2.75, 3.05) is 12.4 Å². The lowest BCUT2D eigenvalue weighted by Gasteiger charge is -2.12. The van der Waals surface area contributed by atoms with E-state index in [0.29, 0.717) is 10.3 Å². The highest BCUT2D eigenvalue weighted by molar-refractivity contribution is 9.10. The summed E-state index contributed by atoms with van der Waals surface area (Å²) in [6.45, 7) is 0. The molecule has 0 saturated heterocycles. The molecule has 0 amide bonds. The van der Waals surface area contributed by atoms with Crippen LogP contribution >= 0.6 is 15.9 Å². The maximum Gasteiger partial charge on any atom is 0.417 e. The van der Waals surface area contributed by atoms with E-state index in [1.54, 1.807) is 7.05 Å². The summed E-state index contributed by atoms with van der Waals surface area (Å²) in [5.74, 6) is 0.461. The van der Waals surface area contributed by atoms with Crippen molar-refractivity contribution in [3.8, 4) is 11.4 Å². The summed E-state index contributed by atoms with van der Waals surface area (Å²) in [7, 11) is 1.63. The van der Waals surface area contributed by atoms with Crippen LogP contribution in [0.4, 0.5) is 19.0 Å². The molecule has 19 heavy (non-hydrogen) atoms. The van der Waals surface area contributed by atoms with Crippen LogP contribution in [0.2, 0.25) is 0 Å². The molecular weight excluding hydrogens is 323 g/mol. The summed E-state index contributed by atoms with van der Waals surface area (Å²) in [5, 5.41) is 2.78. The van der Waals surface area contributed by atoms with Gasteiger partial charge in [0.25, 0.3) is 0 Å². The van der Waals surface area contributed by atoms with Gasteiger partial charge in [0.15, 0.2) is 5.82 Å². The van der Waals surface area contributed by atoms with E-state index in [2.05, 4.69) is 31.2 Å². The van der Waals surface area contributed by atoms with Crippen LogP contribution in [0.25, 0.3) is 11.4 Å². The van der Waals surface area contributed by atoms with E-state index in [9.17, 15) is 13.2 Å². The largest absolute Gasteiger partial charge is 0.417 e. The average Bonchev–Trinajstić information content (AvgIpc) is 2.38. The molecule has 1 aromatic heterocycles. The van der Waals surface area contributed by atoms with Crippen molar-refractivity contribution >= 4 is 21.7 Å². The zero-order valence-electron chi connectivity index (χ0n) is 9.79. The average molecular weight is 332 g/mol. The third kappa shape index (κ3) is 2.86. The van der Waals surface area contributed by atoms with Gasteiger partial charge in [-0.3, -0.25) is 0 Å². The zero-order valence-corrected chi connectivity index (χ0v) is 11.4. The standard InChI is InChI=1S/C12H9BrF3N3/c1-17-11-9(13)6-18-10(19-11)7-4-2-3-5-8(7)12(14,15)16/h2-6H,1H3,(H,17,18,19). The minimum atomic E-state index is -4.44. The maximum absolute atomic E-state index is 12.9. The number of hydrogen-bond acceptors (Lipinski definition) is 3. The predicted octanol–water partition coefficient (Wildman–Crippen LogP) is 3.97. The summed E-state index contributed by atoms with van der Waals surface area (Å²) in [6.07, 6.45) is -3.02. The van der Waals surface area contributed by atoms with Gasteiger partial charge in [0.2, 0.25) is 0 Å². The normalized spacial score (nSPS) is 11.4. The molecule has 0 atom stereocenters. The molecular formula is C12H9BrF3N3. The van der Waals surface area contributed by atoms with E-state index in [0.717, 1.165) is 6.07 Å². The monoisotopic (exact) mass is 331 g/mol. The number of rotatable bonds is 2. The molecule has 0 bridgehead atoms. The molecule has 7 heteroatoms. The minimum absolute atomic E-state index is 0.0282. The van der Waals surface area contributed by atoms with Gasteiger partial charge in [-0.2, -0.15) is 13.2 Å². The summed E-state index contributed by atoms with van der Waals surface area (Å²) in [5.41, 5.74) is -0.793. The Morgan fingerprint density at radius 2 is 1.89 bits per heavy atom.